The fraction of sp³-hybridized carbons (Fsp3) is 0.786. The second-order valence-electron chi connectivity index (χ2n) is 18.6. The fourth-order valence-electron chi connectivity index (χ4n) is 13.0. The van der Waals surface area contributed by atoms with E-state index in [0.29, 0.717) is 42.2 Å². The van der Waals surface area contributed by atoms with Crippen molar-refractivity contribution in [1.82, 2.24) is 0 Å². The van der Waals surface area contributed by atoms with Crippen molar-refractivity contribution in [3.8, 4) is 0 Å². The molecule has 0 heterocycles. The molecular formula is C42H64O9. The summed E-state index contributed by atoms with van der Waals surface area (Å²) in [5, 5.41) is 10.3. The molecular weight excluding hydrogens is 648 g/mol. The summed E-state index contributed by atoms with van der Waals surface area (Å²) in [5.41, 5.74) is -0.288. The number of carbonyl (C=O) groups excluding carboxylic acids is 5. The Bertz CT molecular complexity index is 1460. The Labute approximate surface area is 305 Å². The van der Waals surface area contributed by atoms with Gasteiger partial charge in [-0.1, -0.05) is 66.5 Å². The second-order valence-corrected chi connectivity index (χ2v) is 18.6. The van der Waals surface area contributed by atoms with E-state index in [1.807, 2.05) is 12.2 Å². The summed E-state index contributed by atoms with van der Waals surface area (Å²) < 4.78 is 9.69. The van der Waals surface area contributed by atoms with Crippen LogP contribution in [-0.2, 0) is 33.4 Å². The van der Waals surface area contributed by atoms with Crippen LogP contribution >= 0.6 is 0 Å². The van der Waals surface area contributed by atoms with Crippen LogP contribution in [0.2, 0.25) is 0 Å². The monoisotopic (exact) mass is 712 g/mol. The highest BCUT2D eigenvalue weighted by molar-refractivity contribution is 6.05. The van der Waals surface area contributed by atoms with Crippen molar-refractivity contribution < 1.29 is 44.0 Å². The first-order valence-corrected chi connectivity index (χ1v) is 19.1. The maximum Gasteiger partial charge on any atom is 0.333 e. The molecule has 286 valence electrons. The average molecular weight is 713 g/mol. The number of methoxy groups -OCH3 is 2. The zero-order valence-electron chi connectivity index (χ0n) is 32.5. The van der Waals surface area contributed by atoms with Gasteiger partial charge in [0.2, 0.25) is 0 Å². The molecule has 4 fully saturated rings. The predicted molar refractivity (Wildman–Crippen MR) is 194 cm³/mol. The Morgan fingerprint density at radius 3 is 1.63 bits per heavy atom. The molecule has 0 saturated heterocycles. The summed E-state index contributed by atoms with van der Waals surface area (Å²) in [5.74, 6) is 0.210. The minimum absolute atomic E-state index is 0. The molecule has 9 nitrogen and oxygen atoms in total. The van der Waals surface area contributed by atoms with Gasteiger partial charge in [0, 0.05) is 24.0 Å². The van der Waals surface area contributed by atoms with Crippen molar-refractivity contribution >= 4 is 29.8 Å². The van der Waals surface area contributed by atoms with Gasteiger partial charge in [-0.2, -0.15) is 0 Å². The molecule has 2 unspecified atom stereocenters. The van der Waals surface area contributed by atoms with E-state index in [9.17, 15) is 29.1 Å². The molecule has 0 bridgehead atoms. The Hall–Kier alpha value is -2.65. The van der Waals surface area contributed by atoms with Gasteiger partial charge in [0.1, 0.15) is 12.1 Å². The molecule has 0 aliphatic heterocycles. The molecule has 0 spiro atoms. The van der Waals surface area contributed by atoms with E-state index < -0.39 is 22.8 Å². The SMILES string of the molecule is COC(=O)C1=CC[C@H]2[C@@](C=O)(CCC3C(C)(C)CCC[C@@]32C)C(=O)C1.COC(=O)C1=CC[C@H]2[C@@](CO)(CCC3C(C)(C)CCC[C@@]32C)C(=O)C1.O. The van der Waals surface area contributed by atoms with E-state index in [2.05, 4.69) is 41.5 Å². The minimum Gasteiger partial charge on any atom is -0.466 e. The Morgan fingerprint density at radius 1 is 0.706 bits per heavy atom. The Balaban J connectivity index is 0.000000224. The number of hydrogen-bond donors (Lipinski definition) is 1. The van der Waals surface area contributed by atoms with Crippen LogP contribution in [0.3, 0.4) is 0 Å². The number of aldehydes is 1. The zero-order chi connectivity index (χ0) is 36.9. The number of aliphatic hydroxyl groups excluding tert-OH is 1. The molecule has 9 heteroatoms. The molecule has 4 saturated carbocycles. The van der Waals surface area contributed by atoms with Gasteiger partial charge in [0.25, 0.3) is 0 Å². The number of carbonyl (C=O) groups is 5. The molecule has 6 aliphatic rings. The van der Waals surface area contributed by atoms with Crippen molar-refractivity contribution in [1.29, 1.82) is 0 Å². The third kappa shape index (κ3) is 6.61. The Morgan fingerprint density at radius 2 is 1.16 bits per heavy atom. The number of rotatable bonds is 4. The highest BCUT2D eigenvalue weighted by atomic mass is 16.5. The molecule has 0 amide bonds. The standard InChI is InChI=1S/C21H32O4.C21H30O4.H2O/c2*1-19(2)9-5-10-20(3)15(19)8-11-21(13-22)16(20)7-6-14(12-17(21)23)18(24)25-4;/h6,15-16,22H,5,7-13H2,1-4H3;6,13,15-16H,5,7-12H2,1-4H3;1H2/t2*15?,16-,20+,21+;/m11./s1. The maximum absolute atomic E-state index is 13.2. The predicted octanol–water partition coefficient (Wildman–Crippen LogP) is 6.72. The van der Waals surface area contributed by atoms with Crippen LogP contribution in [0.25, 0.3) is 0 Å². The molecule has 8 atom stereocenters. The second kappa shape index (κ2) is 14.6. The highest BCUT2D eigenvalue weighted by Gasteiger charge is 2.63. The van der Waals surface area contributed by atoms with Crippen LogP contribution in [0.15, 0.2) is 23.3 Å². The topological polar surface area (TPSA) is 156 Å². The Kier molecular flexibility index (Phi) is 11.8. The third-order valence-electron chi connectivity index (χ3n) is 15.5. The normalized spacial score (nSPS) is 39.5. The van der Waals surface area contributed by atoms with Crippen molar-refractivity contribution in [2.75, 3.05) is 20.8 Å². The molecule has 51 heavy (non-hydrogen) atoms. The number of ether oxygens (including phenoxy) is 2. The molecule has 6 aliphatic carbocycles. The van der Waals surface area contributed by atoms with E-state index in [1.54, 1.807) is 0 Å². The lowest BCUT2D eigenvalue weighted by molar-refractivity contribution is -0.166. The number of aliphatic hydroxyl groups is 1. The van der Waals surface area contributed by atoms with Gasteiger partial charge >= 0.3 is 11.9 Å². The summed E-state index contributed by atoms with van der Waals surface area (Å²) in [6.07, 6.45) is 16.2. The van der Waals surface area contributed by atoms with Crippen molar-refractivity contribution in [2.45, 2.75) is 131 Å². The highest BCUT2D eigenvalue weighted by Crippen LogP contribution is 2.67. The smallest absolute Gasteiger partial charge is 0.333 e. The van der Waals surface area contributed by atoms with E-state index in [4.69, 9.17) is 9.47 Å². The van der Waals surface area contributed by atoms with Gasteiger partial charge in [0.15, 0.2) is 5.78 Å². The van der Waals surface area contributed by atoms with Gasteiger partial charge in [-0.3, -0.25) is 9.59 Å². The lowest BCUT2D eigenvalue weighted by Crippen LogP contribution is -2.58. The van der Waals surface area contributed by atoms with Crippen LogP contribution in [0.1, 0.15) is 131 Å². The van der Waals surface area contributed by atoms with Crippen LogP contribution in [0.4, 0.5) is 0 Å². The van der Waals surface area contributed by atoms with Crippen LogP contribution in [-0.4, -0.2) is 61.2 Å². The van der Waals surface area contributed by atoms with Crippen molar-refractivity contribution in [2.24, 2.45) is 56.2 Å². The van der Waals surface area contributed by atoms with Gasteiger partial charge in [-0.25, -0.2) is 9.59 Å². The number of Topliss-reactive ketones (excluding diaryl/α,β-unsaturated/α-hetero) is 2. The first kappa shape index (κ1) is 41.1. The zero-order valence-corrected chi connectivity index (χ0v) is 32.5. The largest absolute Gasteiger partial charge is 0.466 e. The average Bonchev–Trinajstić information content (AvgIpc) is 3.32. The summed E-state index contributed by atoms with van der Waals surface area (Å²) in [6, 6.07) is 0. The fourth-order valence-corrected chi connectivity index (χ4v) is 13.0. The quantitative estimate of drug-likeness (QED) is 0.191. The summed E-state index contributed by atoms with van der Waals surface area (Å²) in [6.45, 7) is 13.9. The summed E-state index contributed by atoms with van der Waals surface area (Å²) in [4.78, 5) is 62.6. The van der Waals surface area contributed by atoms with E-state index in [-0.39, 0.29) is 70.0 Å². The molecule has 3 N–H and O–H groups in total. The number of esters is 2. The lowest BCUT2D eigenvalue weighted by Gasteiger charge is -2.62. The van der Waals surface area contributed by atoms with Crippen LogP contribution in [0.5, 0.6) is 0 Å². The molecule has 0 radical (unpaired) electrons. The van der Waals surface area contributed by atoms with Gasteiger partial charge in [-0.05, 0) is 110 Å². The van der Waals surface area contributed by atoms with Crippen molar-refractivity contribution in [3.63, 3.8) is 0 Å². The first-order valence-electron chi connectivity index (χ1n) is 19.1. The minimum atomic E-state index is -0.940. The van der Waals surface area contributed by atoms with Crippen LogP contribution < -0.4 is 0 Å². The molecule has 0 aromatic rings. The summed E-state index contributed by atoms with van der Waals surface area (Å²) in [7, 11) is 2.69. The van der Waals surface area contributed by atoms with E-state index in [0.717, 1.165) is 44.8 Å². The number of fused-ring (bicyclic) bond motifs is 6. The number of allylic oxidation sites excluding steroid dienone is 2. The third-order valence-corrected chi connectivity index (χ3v) is 15.5. The number of hydrogen-bond acceptors (Lipinski definition) is 8. The molecule has 0 aromatic carbocycles. The van der Waals surface area contributed by atoms with E-state index >= 15 is 0 Å². The molecule has 0 aromatic heterocycles. The van der Waals surface area contributed by atoms with Gasteiger partial charge < -0.3 is 24.9 Å². The van der Waals surface area contributed by atoms with Gasteiger partial charge in [-0.15, -0.1) is 0 Å². The number of ketones is 2. The van der Waals surface area contributed by atoms with Crippen LogP contribution in [0, 0.1) is 56.2 Å². The summed E-state index contributed by atoms with van der Waals surface area (Å²) >= 11 is 0. The maximum atomic E-state index is 13.2. The molecule has 6 rings (SSSR count). The lowest BCUT2D eigenvalue weighted by atomic mass is 9.42. The van der Waals surface area contributed by atoms with E-state index in [1.165, 1.54) is 33.5 Å². The first-order chi connectivity index (χ1) is 23.4. The van der Waals surface area contributed by atoms with Gasteiger partial charge in [0.05, 0.1) is 31.7 Å². The van der Waals surface area contributed by atoms with Crippen molar-refractivity contribution in [3.05, 3.63) is 23.3 Å².